The summed E-state index contributed by atoms with van der Waals surface area (Å²) in [5, 5.41) is 17.2. The number of thiophene rings is 1. The maximum Gasteiger partial charge on any atom is 0.328 e. The smallest absolute Gasteiger partial charge is 0.328 e. The molecule has 1 atom stereocenters. The van der Waals surface area contributed by atoms with Gasteiger partial charge in [0, 0.05) is 5.39 Å². The number of carboxylic acids is 1. The molecule has 0 spiro atoms. The van der Waals surface area contributed by atoms with Crippen molar-refractivity contribution < 1.29 is 19.4 Å². The molecule has 3 rings (SSSR count). The largest absolute Gasteiger partial charge is 0.480 e. The zero-order chi connectivity index (χ0) is 20.1. The quantitative estimate of drug-likeness (QED) is 0.426. The number of carboxylic acid groups (broad SMARTS) is 1. The molecule has 0 saturated heterocycles. The standard InChI is InChI=1S/C20H21N3O4S/c1-3-9-27-12-16(20(25)26)21-18(24)17-10-15-13(2)22-23(19(15)28-17)11-14-7-5-4-6-8-14/h3-8,10,16H,1,9,11-12H2,2H3,(H,21,24)(H,25,26). The minimum absolute atomic E-state index is 0.126. The number of nitrogens with one attached hydrogen (secondary N) is 1. The molecule has 0 saturated carbocycles. The number of aromatic nitrogens is 2. The van der Waals surface area contributed by atoms with E-state index in [0.29, 0.717) is 11.4 Å². The van der Waals surface area contributed by atoms with Gasteiger partial charge in [-0.1, -0.05) is 36.4 Å². The number of carbonyl (C=O) groups is 2. The summed E-state index contributed by atoms with van der Waals surface area (Å²) in [4.78, 5) is 25.2. The van der Waals surface area contributed by atoms with Crippen LogP contribution >= 0.6 is 11.3 Å². The third-order valence-electron chi connectivity index (χ3n) is 4.13. The zero-order valence-corrected chi connectivity index (χ0v) is 16.2. The normalized spacial score (nSPS) is 12.0. The topological polar surface area (TPSA) is 93.5 Å². The van der Waals surface area contributed by atoms with Crippen LogP contribution in [-0.2, 0) is 16.1 Å². The van der Waals surface area contributed by atoms with Crippen molar-refractivity contribution in [3.05, 3.63) is 65.2 Å². The lowest BCUT2D eigenvalue weighted by molar-refractivity contribution is -0.140. The highest BCUT2D eigenvalue weighted by Gasteiger charge is 2.23. The van der Waals surface area contributed by atoms with Gasteiger partial charge in [-0.05, 0) is 18.6 Å². The number of benzene rings is 1. The fourth-order valence-corrected chi connectivity index (χ4v) is 3.83. The van der Waals surface area contributed by atoms with Gasteiger partial charge in [-0.25, -0.2) is 4.79 Å². The summed E-state index contributed by atoms with van der Waals surface area (Å²) in [6, 6.07) is 10.6. The monoisotopic (exact) mass is 399 g/mol. The number of rotatable bonds is 9. The lowest BCUT2D eigenvalue weighted by atomic mass is 10.2. The molecular formula is C20H21N3O4S. The minimum Gasteiger partial charge on any atom is -0.480 e. The average Bonchev–Trinajstić information content (AvgIpc) is 3.23. The first-order valence-electron chi connectivity index (χ1n) is 8.72. The number of amides is 1. The molecule has 0 fully saturated rings. The summed E-state index contributed by atoms with van der Waals surface area (Å²) in [6.07, 6.45) is 1.52. The van der Waals surface area contributed by atoms with Gasteiger partial charge in [0.1, 0.15) is 4.83 Å². The Bertz CT molecular complexity index is 994. The maximum absolute atomic E-state index is 12.6. The fraction of sp³-hybridized carbons (Fsp3) is 0.250. The highest BCUT2D eigenvalue weighted by molar-refractivity contribution is 7.20. The van der Waals surface area contributed by atoms with E-state index in [9.17, 15) is 14.7 Å². The number of ether oxygens (including phenoxy) is 1. The van der Waals surface area contributed by atoms with E-state index in [1.54, 1.807) is 6.07 Å². The third-order valence-corrected chi connectivity index (χ3v) is 5.28. The Kier molecular flexibility index (Phi) is 6.23. The van der Waals surface area contributed by atoms with Gasteiger partial charge in [-0.15, -0.1) is 17.9 Å². The molecule has 1 unspecified atom stereocenters. The first-order valence-corrected chi connectivity index (χ1v) is 9.54. The number of aliphatic carboxylic acids is 1. The number of fused-ring (bicyclic) bond motifs is 1. The van der Waals surface area contributed by atoms with Gasteiger partial charge in [-0.2, -0.15) is 5.10 Å². The van der Waals surface area contributed by atoms with Gasteiger partial charge in [0.15, 0.2) is 6.04 Å². The van der Waals surface area contributed by atoms with Crippen molar-refractivity contribution in [2.24, 2.45) is 0 Å². The first kappa shape index (κ1) is 19.8. The Balaban J connectivity index is 1.79. The lowest BCUT2D eigenvalue weighted by Crippen LogP contribution is -2.43. The summed E-state index contributed by atoms with van der Waals surface area (Å²) in [5.74, 6) is -1.59. The van der Waals surface area contributed by atoms with Crippen LogP contribution in [0.1, 0.15) is 20.9 Å². The Morgan fingerprint density at radius 2 is 2.14 bits per heavy atom. The number of hydrogen-bond donors (Lipinski definition) is 2. The molecule has 0 aliphatic carbocycles. The van der Waals surface area contributed by atoms with Crippen LogP contribution in [0, 0.1) is 6.92 Å². The number of hydrogen-bond acceptors (Lipinski definition) is 5. The van der Waals surface area contributed by atoms with Crippen LogP contribution < -0.4 is 5.32 Å². The van der Waals surface area contributed by atoms with Gasteiger partial charge in [0.25, 0.3) is 5.91 Å². The van der Waals surface area contributed by atoms with Crippen molar-refractivity contribution in [2.45, 2.75) is 19.5 Å². The Labute approximate surface area is 166 Å². The van der Waals surface area contributed by atoms with Gasteiger partial charge < -0.3 is 15.2 Å². The van der Waals surface area contributed by atoms with E-state index in [-0.39, 0.29) is 13.2 Å². The van der Waals surface area contributed by atoms with Crippen molar-refractivity contribution in [1.29, 1.82) is 0 Å². The van der Waals surface area contributed by atoms with Crippen LogP contribution in [-0.4, -0.2) is 46.0 Å². The predicted molar refractivity (Wildman–Crippen MR) is 108 cm³/mol. The molecule has 28 heavy (non-hydrogen) atoms. The molecule has 0 radical (unpaired) electrons. The summed E-state index contributed by atoms with van der Waals surface area (Å²) < 4.78 is 7.03. The molecule has 0 aliphatic rings. The number of nitrogens with zero attached hydrogens (tertiary/aromatic N) is 2. The van der Waals surface area contributed by atoms with Crippen LogP contribution in [0.25, 0.3) is 10.2 Å². The SMILES string of the molecule is C=CCOCC(NC(=O)c1cc2c(C)nn(Cc3ccccc3)c2s1)C(=O)O. The molecule has 0 bridgehead atoms. The highest BCUT2D eigenvalue weighted by atomic mass is 32.1. The Morgan fingerprint density at radius 1 is 1.39 bits per heavy atom. The fourth-order valence-electron chi connectivity index (χ4n) is 2.76. The molecule has 2 N–H and O–H groups in total. The van der Waals surface area contributed by atoms with E-state index >= 15 is 0 Å². The second-order valence-corrected chi connectivity index (χ2v) is 7.28. The third kappa shape index (κ3) is 4.47. The van der Waals surface area contributed by atoms with Crippen molar-refractivity contribution in [3.63, 3.8) is 0 Å². The van der Waals surface area contributed by atoms with Gasteiger partial charge in [0.2, 0.25) is 0 Å². The Morgan fingerprint density at radius 3 is 2.82 bits per heavy atom. The van der Waals surface area contributed by atoms with E-state index in [1.807, 2.05) is 41.9 Å². The average molecular weight is 399 g/mol. The molecule has 3 aromatic rings. The van der Waals surface area contributed by atoms with Crippen LogP contribution in [0.2, 0.25) is 0 Å². The molecule has 1 amide bonds. The van der Waals surface area contributed by atoms with E-state index in [2.05, 4.69) is 17.0 Å². The molecular weight excluding hydrogens is 378 g/mol. The molecule has 1 aromatic carbocycles. The van der Waals surface area contributed by atoms with Gasteiger partial charge in [0.05, 0.1) is 30.3 Å². The maximum atomic E-state index is 12.6. The van der Waals surface area contributed by atoms with Crippen molar-refractivity contribution in [1.82, 2.24) is 15.1 Å². The summed E-state index contributed by atoms with van der Waals surface area (Å²) in [5.41, 5.74) is 1.93. The van der Waals surface area contributed by atoms with Crippen molar-refractivity contribution in [3.8, 4) is 0 Å². The summed E-state index contributed by atoms with van der Waals surface area (Å²) >= 11 is 1.29. The second kappa shape index (κ2) is 8.81. The molecule has 2 aromatic heterocycles. The van der Waals surface area contributed by atoms with E-state index in [4.69, 9.17) is 4.74 Å². The highest BCUT2D eigenvalue weighted by Crippen LogP contribution is 2.29. The molecule has 7 nitrogen and oxygen atoms in total. The number of aryl methyl sites for hydroxylation is 1. The molecule has 2 heterocycles. The number of carbonyl (C=O) groups excluding carboxylic acids is 1. The van der Waals surface area contributed by atoms with E-state index in [0.717, 1.165) is 21.5 Å². The van der Waals surface area contributed by atoms with Gasteiger partial charge in [-0.3, -0.25) is 9.48 Å². The van der Waals surface area contributed by atoms with Crippen LogP contribution in [0.5, 0.6) is 0 Å². The van der Waals surface area contributed by atoms with Gasteiger partial charge >= 0.3 is 5.97 Å². The van der Waals surface area contributed by atoms with E-state index < -0.39 is 17.9 Å². The van der Waals surface area contributed by atoms with E-state index in [1.165, 1.54) is 17.4 Å². The van der Waals surface area contributed by atoms with Crippen molar-refractivity contribution >= 4 is 33.4 Å². The summed E-state index contributed by atoms with van der Waals surface area (Å²) in [6.45, 7) is 6.09. The summed E-state index contributed by atoms with van der Waals surface area (Å²) in [7, 11) is 0. The first-order chi connectivity index (χ1) is 13.5. The molecule has 8 heteroatoms. The zero-order valence-electron chi connectivity index (χ0n) is 15.4. The predicted octanol–water partition coefficient (Wildman–Crippen LogP) is 2.84. The molecule has 0 aliphatic heterocycles. The van der Waals surface area contributed by atoms with Crippen LogP contribution in [0.3, 0.4) is 0 Å². The van der Waals surface area contributed by atoms with Crippen LogP contribution in [0.15, 0.2) is 49.1 Å². The Hall–Kier alpha value is -2.97. The van der Waals surface area contributed by atoms with Crippen LogP contribution in [0.4, 0.5) is 0 Å². The second-order valence-electron chi connectivity index (χ2n) is 6.25. The molecule has 146 valence electrons. The lowest BCUT2D eigenvalue weighted by Gasteiger charge is -2.13. The minimum atomic E-state index is -1.15. The van der Waals surface area contributed by atoms with Crippen molar-refractivity contribution in [2.75, 3.05) is 13.2 Å².